The number of nitrogens with zero attached hydrogens (tertiary/aromatic N) is 3. The molecule has 0 spiro atoms. The molecule has 1 heterocycles. The van der Waals surface area contributed by atoms with Crippen molar-refractivity contribution >= 4 is 17.6 Å². The van der Waals surface area contributed by atoms with Gasteiger partial charge in [-0.15, -0.1) is 0 Å². The summed E-state index contributed by atoms with van der Waals surface area (Å²) >= 11 is 0. The molecule has 0 aliphatic rings. The van der Waals surface area contributed by atoms with Crippen molar-refractivity contribution in [3.05, 3.63) is 36.0 Å². The third kappa shape index (κ3) is 5.87. The first-order valence-corrected chi connectivity index (χ1v) is 8.52. The summed E-state index contributed by atoms with van der Waals surface area (Å²) in [7, 11) is 1.70. The molecule has 0 saturated carbocycles. The largest absolute Gasteiger partial charge is 0.482 e. The first-order valence-electron chi connectivity index (χ1n) is 8.52. The van der Waals surface area contributed by atoms with E-state index in [-0.39, 0.29) is 5.91 Å². The van der Waals surface area contributed by atoms with Gasteiger partial charge in [0.15, 0.2) is 12.4 Å². The molecule has 1 aromatic heterocycles. The summed E-state index contributed by atoms with van der Waals surface area (Å²) in [5.74, 6) is 0.637. The molecule has 0 saturated heterocycles. The fraction of sp³-hybridized carbons (Fsp3) is 0.444. The molecule has 1 N–H and O–H groups in total. The number of rotatable bonds is 10. The number of carboxylic acid groups (broad SMARTS) is 1. The van der Waals surface area contributed by atoms with Crippen LogP contribution in [0, 0.1) is 0 Å². The lowest BCUT2D eigenvalue weighted by atomic mass is 10.2. The lowest BCUT2D eigenvalue weighted by Gasteiger charge is -2.17. The Morgan fingerprint density at radius 1 is 1.23 bits per heavy atom. The minimum absolute atomic E-state index is 0.0301. The van der Waals surface area contributed by atoms with Gasteiger partial charge in [0.05, 0.1) is 0 Å². The summed E-state index contributed by atoms with van der Waals surface area (Å²) in [6.45, 7) is 1.65. The van der Waals surface area contributed by atoms with E-state index in [0.717, 1.165) is 12.8 Å². The van der Waals surface area contributed by atoms with E-state index in [1.54, 1.807) is 36.2 Å². The lowest BCUT2D eigenvalue weighted by molar-refractivity contribution is -0.139. The summed E-state index contributed by atoms with van der Waals surface area (Å²) in [5, 5.41) is 12.5. The Kier molecular flexibility index (Phi) is 7.13. The number of anilines is 1. The van der Waals surface area contributed by atoms with Gasteiger partial charge < -0.3 is 19.3 Å². The third-order valence-corrected chi connectivity index (χ3v) is 3.73. The molecule has 26 heavy (non-hydrogen) atoms. The van der Waals surface area contributed by atoms with Gasteiger partial charge in [0, 0.05) is 32.0 Å². The highest BCUT2D eigenvalue weighted by molar-refractivity contribution is 5.92. The Bertz CT molecular complexity index is 727. The van der Waals surface area contributed by atoms with Crippen LogP contribution in [-0.2, 0) is 22.4 Å². The molecule has 0 bridgehead atoms. The maximum atomic E-state index is 12.3. The third-order valence-electron chi connectivity index (χ3n) is 3.73. The first-order chi connectivity index (χ1) is 12.5. The van der Waals surface area contributed by atoms with Crippen LogP contribution < -0.4 is 9.64 Å². The Balaban J connectivity index is 1.79. The Morgan fingerprint density at radius 2 is 1.96 bits per heavy atom. The molecule has 1 aromatic carbocycles. The molecular formula is C18H23N3O5. The molecule has 8 nitrogen and oxygen atoms in total. The van der Waals surface area contributed by atoms with Crippen LogP contribution in [0.25, 0.3) is 0 Å². The standard InChI is InChI=1S/C18H23N3O5/c1-3-5-15-19-16(26-20-15)6-4-7-17(22)21(2)13-8-10-14(11-9-13)25-12-18(23)24/h8-11H,3-7,12H2,1-2H3,(H,23,24). The van der Waals surface area contributed by atoms with E-state index in [9.17, 15) is 9.59 Å². The number of benzene rings is 1. The van der Waals surface area contributed by atoms with Gasteiger partial charge in [-0.1, -0.05) is 12.1 Å². The number of hydrogen-bond donors (Lipinski definition) is 1. The molecule has 0 aliphatic carbocycles. The van der Waals surface area contributed by atoms with E-state index >= 15 is 0 Å². The average molecular weight is 361 g/mol. The minimum atomic E-state index is -1.04. The fourth-order valence-electron chi connectivity index (χ4n) is 2.33. The van der Waals surface area contributed by atoms with Crippen molar-refractivity contribution in [2.45, 2.75) is 39.0 Å². The lowest BCUT2D eigenvalue weighted by Crippen LogP contribution is -2.25. The number of aromatic nitrogens is 2. The second-order valence-electron chi connectivity index (χ2n) is 5.84. The zero-order valence-corrected chi connectivity index (χ0v) is 15.0. The van der Waals surface area contributed by atoms with Crippen molar-refractivity contribution in [2.24, 2.45) is 0 Å². The molecule has 2 aromatic rings. The summed E-state index contributed by atoms with van der Waals surface area (Å²) in [4.78, 5) is 28.6. The van der Waals surface area contributed by atoms with Gasteiger partial charge in [0.25, 0.3) is 0 Å². The highest BCUT2D eigenvalue weighted by Crippen LogP contribution is 2.19. The second-order valence-corrected chi connectivity index (χ2v) is 5.84. The highest BCUT2D eigenvalue weighted by Gasteiger charge is 2.12. The number of carbonyl (C=O) groups is 2. The summed E-state index contributed by atoms with van der Waals surface area (Å²) in [6, 6.07) is 6.69. The number of carboxylic acids is 1. The van der Waals surface area contributed by atoms with Crippen molar-refractivity contribution in [1.82, 2.24) is 10.1 Å². The minimum Gasteiger partial charge on any atom is -0.482 e. The van der Waals surface area contributed by atoms with Crippen molar-refractivity contribution < 1.29 is 24.0 Å². The van der Waals surface area contributed by atoms with Crippen LogP contribution in [0.2, 0.25) is 0 Å². The van der Waals surface area contributed by atoms with Crippen molar-refractivity contribution in [1.29, 1.82) is 0 Å². The molecular weight excluding hydrogens is 338 g/mol. The van der Waals surface area contributed by atoms with Gasteiger partial charge in [-0.3, -0.25) is 4.79 Å². The summed E-state index contributed by atoms with van der Waals surface area (Å²) < 4.78 is 10.2. The summed E-state index contributed by atoms with van der Waals surface area (Å²) in [6.07, 6.45) is 3.30. The van der Waals surface area contributed by atoms with Crippen LogP contribution in [0.5, 0.6) is 5.75 Å². The van der Waals surface area contributed by atoms with Gasteiger partial charge >= 0.3 is 5.97 Å². The number of aliphatic carboxylic acids is 1. The Morgan fingerprint density at radius 3 is 2.62 bits per heavy atom. The first kappa shape index (κ1) is 19.4. The molecule has 0 unspecified atom stereocenters. The van der Waals surface area contributed by atoms with Gasteiger partial charge in [0.2, 0.25) is 11.8 Å². The zero-order valence-electron chi connectivity index (χ0n) is 15.0. The predicted molar refractivity (Wildman–Crippen MR) is 94.2 cm³/mol. The molecule has 140 valence electrons. The average Bonchev–Trinajstić information content (AvgIpc) is 3.07. The van der Waals surface area contributed by atoms with Gasteiger partial charge in [-0.05, 0) is 37.1 Å². The van der Waals surface area contributed by atoms with E-state index in [1.165, 1.54) is 0 Å². The number of hydrogen-bond acceptors (Lipinski definition) is 6. The zero-order chi connectivity index (χ0) is 18.9. The summed E-state index contributed by atoms with van der Waals surface area (Å²) in [5.41, 5.74) is 0.709. The van der Waals surface area contributed by atoms with E-state index in [4.69, 9.17) is 14.4 Å². The van der Waals surface area contributed by atoms with E-state index < -0.39 is 12.6 Å². The van der Waals surface area contributed by atoms with Crippen molar-refractivity contribution in [3.8, 4) is 5.75 Å². The molecule has 0 aliphatic heterocycles. The van der Waals surface area contributed by atoms with Crippen LogP contribution in [-0.4, -0.2) is 40.8 Å². The van der Waals surface area contributed by atoms with Gasteiger partial charge in [-0.2, -0.15) is 4.98 Å². The fourth-order valence-corrected chi connectivity index (χ4v) is 2.33. The van der Waals surface area contributed by atoms with Gasteiger partial charge in [-0.25, -0.2) is 4.79 Å². The highest BCUT2D eigenvalue weighted by atomic mass is 16.5. The number of aryl methyl sites for hydroxylation is 2. The maximum Gasteiger partial charge on any atom is 0.341 e. The van der Waals surface area contributed by atoms with Crippen molar-refractivity contribution in [3.63, 3.8) is 0 Å². The topological polar surface area (TPSA) is 106 Å². The number of ether oxygens (including phenoxy) is 1. The monoisotopic (exact) mass is 361 g/mol. The molecule has 0 fully saturated rings. The van der Waals surface area contributed by atoms with E-state index in [2.05, 4.69) is 17.1 Å². The van der Waals surface area contributed by atoms with Crippen LogP contribution in [0.3, 0.4) is 0 Å². The van der Waals surface area contributed by atoms with Crippen LogP contribution in [0.15, 0.2) is 28.8 Å². The molecule has 2 rings (SSSR count). The molecule has 1 amide bonds. The van der Waals surface area contributed by atoms with E-state index in [1.807, 2.05) is 0 Å². The molecule has 0 radical (unpaired) electrons. The predicted octanol–water partition coefficient (Wildman–Crippen LogP) is 2.47. The molecule has 8 heteroatoms. The van der Waals surface area contributed by atoms with Crippen LogP contribution in [0.1, 0.15) is 37.9 Å². The van der Waals surface area contributed by atoms with Gasteiger partial charge in [0.1, 0.15) is 5.75 Å². The second kappa shape index (κ2) is 9.55. The Hall–Kier alpha value is -2.90. The normalized spacial score (nSPS) is 10.5. The van der Waals surface area contributed by atoms with Crippen molar-refractivity contribution in [2.75, 3.05) is 18.6 Å². The van der Waals surface area contributed by atoms with E-state index in [0.29, 0.717) is 42.4 Å². The van der Waals surface area contributed by atoms with Crippen LogP contribution >= 0.6 is 0 Å². The quantitative estimate of drug-likeness (QED) is 0.693. The smallest absolute Gasteiger partial charge is 0.341 e. The maximum absolute atomic E-state index is 12.3. The number of amides is 1. The Labute approximate surface area is 151 Å². The van der Waals surface area contributed by atoms with Crippen LogP contribution in [0.4, 0.5) is 5.69 Å². The number of carbonyl (C=O) groups excluding carboxylic acids is 1. The SMILES string of the molecule is CCCc1noc(CCCC(=O)N(C)c2ccc(OCC(=O)O)cc2)n1. The molecule has 0 atom stereocenters.